The van der Waals surface area contributed by atoms with Crippen molar-refractivity contribution in [2.24, 2.45) is 0 Å². The van der Waals surface area contributed by atoms with Crippen LogP contribution in [0, 0.1) is 0 Å². The van der Waals surface area contributed by atoms with E-state index >= 15 is 0 Å². The molecule has 18 nitrogen and oxygen atoms in total. The molecule has 0 saturated heterocycles. The van der Waals surface area contributed by atoms with Gasteiger partial charge in [-0.25, -0.2) is 0 Å². The summed E-state index contributed by atoms with van der Waals surface area (Å²) in [5, 5.41) is 44.5. The summed E-state index contributed by atoms with van der Waals surface area (Å²) in [6, 6.07) is 0. The van der Waals surface area contributed by atoms with Crippen LogP contribution in [0.2, 0.25) is 0 Å². The van der Waals surface area contributed by atoms with Gasteiger partial charge >= 0.3 is 0 Å². The van der Waals surface area contributed by atoms with Crippen molar-refractivity contribution in [1.82, 2.24) is 15.0 Å². The van der Waals surface area contributed by atoms with E-state index in [0.29, 0.717) is 0 Å². The predicted molar refractivity (Wildman–Crippen MR) is 119 cm³/mol. The molecule has 1 aromatic rings. The average molecular weight is 509 g/mol. The summed E-state index contributed by atoms with van der Waals surface area (Å²) in [6.45, 7) is 6.50. The van der Waals surface area contributed by atoms with Crippen molar-refractivity contribution in [3.05, 3.63) is 0 Å². The zero-order valence-corrected chi connectivity index (χ0v) is 21.7. The molecule has 34 heavy (non-hydrogen) atoms. The fourth-order valence-electron chi connectivity index (χ4n) is 0.427. The molecule has 12 N–H and O–H groups in total. The molecule has 1 aromatic heterocycles. The number of carboxylic acids is 6. The third-order valence-corrected chi connectivity index (χ3v) is 0.687. The molecule has 0 aliphatic carbocycles. The van der Waals surface area contributed by atoms with Crippen molar-refractivity contribution in [2.45, 2.75) is 41.5 Å². The van der Waals surface area contributed by atoms with E-state index in [-0.39, 0.29) is 47.4 Å². The van der Waals surface area contributed by atoms with Gasteiger partial charge in [0.2, 0.25) is 17.8 Å². The number of anilines is 3. The first-order chi connectivity index (χ1) is 14.6. The quantitative estimate of drug-likeness (QED) is 0.185. The molecule has 0 aliphatic heterocycles. The number of hydrogen-bond donors (Lipinski definition) is 9. The molecule has 1 heterocycles. The van der Waals surface area contributed by atoms with Gasteiger partial charge in [0.1, 0.15) is 0 Å². The van der Waals surface area contributed by atoms with Gasteiger partial charge in [-0.15, -0.1) is 0 Å². The summed E-state index contributed by atoms with van der Waals surface area (Å²) in [5.41, 5.74) is 15.4. The standard InChI is InChI=1S/C3H6N6.6C2H4O2.Na/c4-1-7-2(5)9-3(6)8-1;6*1-2(3)4;/h(H6,4,5,6,7,8,9);6*1H3,(H,3,4);. The molecule has 19 heteroatoms. The zero-order chi connectivity index (χ0) is 28.3. The van der Waals surface area contributed by atoms with E-state index in [0.717, 1.165) is 41.5 Å². The monoisotopic (exact) mass is 509 g/mol. The first kappa shape index (κ1) is 47.9. The van der Waals surface area contributed by atoms with Gasteiger partial charge in [0, 0.05) is 71.1 Å². The Morgan fingerprint density at radius 3 is 0.559 bits per heavy atom. The number of carbonyl (C=O) groups is 6. The molecule has 0 aromatic carbocycles. The Balaban J connectivity index is -0.0000000518. The molecule has 0 unspecified atom stereocenters. The largest absolute Gasteiger partial charge is 0.481 e. The fourth-order valence-corrected chi connectivity index (χ4v) is 0.427. The smallest absolute Gasteiger partial charge is 0.300 e. The molecule has 1 rings (SSSR count). The Kier molecular flexibility index (Phi) is 47.7. The van der Waals surface area contributed by atoms with Crippen molar-refractivity contribution in [1.29, 1.82) is 0 Å². The van der Waals surface area contributed by atoms with E-state index in [9.17, 15) is 0 Å². The molecule has 0 amide bonds. The second-order valence-corrected chi connectivity index (χ2v) is 4.52. The third kappa shape index (κ3) is 309. The normalized spacial score (nSPS) is 6.88. The second kappa shape index (κ2) is 33.9. The zero-order valence-electron chi connectivity index (χ0n) is 19.7. The first-order valence-electron chi connectivity index (χ1n) is 7.77. The predicted octanol–water partition coefficient (Wildman–Crippen LogP) is -1.22. The molecule has 0 atom stereocenters. The molecule has 0 aliphatic rings. The van der Waals surface area contributed by atoms with Crippen LogP contribution in [0.15, 0.2) is 0 Å². The molecule has 0 fully saturated rings. The van der Waals surface area contributed by atoms with Crippen molar-refractivity contribution < 1.29 is 59.4 Å². The summed E-state index contributed by atoms with van der Waals surface area (Å²) >= 11 is 0. The van der Waals surface area contributed by atoms with Gasteiger partial charge in [-0.2, -0.15) is 15.0 Å². The Bertz CT molecular complexity index is 566. The molecular formula is C15H30N6NaO12. The van der Waals surface area contributed by atoms with E-state index in [4.69, 9.17) is 76.6 Å². The van der Waals surface area contributed by atoms with Crippen LogP contribution >= 0.6 is 0 Å². The van der Waals surface area contributed by atoms with Crippen LogP contribution in [0.4, 0.5) is 17.8 Å². The topological polar surface area (TPSA) is 341 Å². The number of carboxylic acid groups (broad SMARTS) is 6. The number of aromatic nitrogens is 3. The first-order valence-corrected chi connectivity index (χ1v) is 7.77. The number of aliphatic carboxylic acids is 6. The van der Waals surface area contributed by atoms with Crippen molar-refractivity contribution in [2.75, 3.05) is 17.2 Å². The summed E-state index contributed by atoms with van der Waals surface area (Å²) in [4.78, 5) is 64.5. The molecular weight excluding hydrogens is 479 g/mol. The van der Waals surface area contributed by atoms with E-state index in [1.807, 2.05) is 0 Å². The minimum Gasteiger partial charge on any atom is -0.481 e. The van der Waals surface area contributed by atoms with E-state index < -0.39 is 35.8 Å². The average Bonchev–Trinajstić information content (AvgIpc) is 2.41. The number of nitrogens with two attached hydrogens (primary N) is 3. The van der Waals surface area contributed by atoms with E-state index in [1.165, 1.54) is 0 Å². The Morgan fingerprint density at radius 1 is 0.441 bits per heavy atom. The Hall–Kier alpha value is -3.77. The second-order valence-electron chi connectivity index (χ2n) is 4.52. The molecule has 0 spiro atoms. The maximum atomic E-state index is 9.00. The molecule has 193 valence electrons. The van der Waals surface area contributed by atoms with Gasteiger partial charge in [0.25, 0.3) is 35.8 Å². The summed E-state index contributed by atoms with van der Waals surface area (Å²) in [5.74, 6) is -4.87. The van der Waals surface area contributed by atoms with Crippen LogP contribution in [0.1, 0.15) is 41.5 Å². The van der Waals surface area contributed by atoms with E-state index in [2.05, 4.69) is 15.0 Å². The van der Waals surface area contributed by atoms with Crippen LogP contribution in [0.5, 0.6) is 0 Å². The van der Waals surface area contributed by atoms with Gasteiger partial charge in [-0.1, -0.05) is 0 Å². The van der Waals surface area contributed by atoms with Gasteiger partial charge in [-0.05, 0) is 0 Å². The van der Waals surface area contributed by atoms with Crippen molar-refractivity contribution in [3.63, 3.8) is 0 Å². The summed E-state index contributed by atoms with van der Waals surface area (Å²) in [6.07, 6.45) is 0. The Morgan fingerprint density at radius 2 is 0.500 bits per heavy atom. The SMILES string of the molecule is CC(=O)O.CC(=O)O.CC(=O)O.CC(=O)O.CC(=O)O.CC(=O)O.Nc1nc(N)nc(N)n1.[Na]. The van der Waals surface area contributed by atoms with Crippen LogP contribution in [-0.2, 0) is 28.8 Å². The van der Waals surface area contributed by atoms with Crippen LogP contribution in [-0.4, -0.2) is 111 Å². The maximum Gasteiger partial charge on any atom is 0.300 e. The van der Waals surface area contributed by atoms with Gasteiger partial charge in [0.05, 0.1) is 0 Å². The number of rotatable bonds is 0. The van der Waals surface area contributed by atoms with E-state index in [1.54, 1.807) is 0 Å². The van der Waals surface area contributed by atoms with Gasteiger partial charge < -0.3 is 47.8 Å². The van der Waals surface area contributed by atoms with Crippen LogP contribution < -0.4 is 17.2 Å². The number of nitrogen functional groups attached to an aromatic ring is 3. The van der Waals surface area contributed by atoms with Gasteiger partial charge in [0.15, 0.2) is 0 Å². The third-order valence-electron chi connectivity index (χ3n) is 0.687. The molecule has 0 saturated carbocycles. The number of nitrogens with zero attached hydrogens (tertiary/aromatic N) is 3. The van der Waals surface area contributed by atoms with Crippen molar-refractivity contribution in [3.8, 4) is 0 Å². The molecule has 1 radical (unpaired) electrons. The summed E-state index contributed by atoms with van der Waals surface area (Å²) in [7, 11) is 0. The maximum absolute atomic E-state index is 9.00. The Labute approximate surface area is 216 Å². The van der Waals surface area contributed by atoms with Crippen molar-refractivity contribution >= 4 is 83.2 Å². The van der Waals surface area contributed by atoms with Crippen LogP contribution in [0.25, 0.3) is 0 Å². The summed E-state index contributed by atoms with van der Waals surface area (Å²) < 4.78 is 0. The minimum atomic E-state index is -0.833. The number of hydrogen-bond acceptors (Lipinski definition) is 12. The van der Waals surface area contributed by atoms with Crippen LogP contribution in [0.3, 0.4) is 0 Å². The minimum absolute atomic E-state index is 0. The van der Waals surface area contributed by atoms with Gasteiger partial charge in [-0.3, -0.25) is 28.8 Å². The fraction of sp³-hybridized carbons (Fsp3) is 0.400. The molecule has 0 bridgehead atoms.